The zero-order valence-electron chi connectivity index (χ0n) is 18.4. The van der Waals surface area contributed by atoms with Gasteiger partial charge in [-0.1, -0.05) is 31.2 Å². The summed E-state index contributed by atoms with van der Waals surface area (Å²) in [4.78, 5) is 34.0. The van der Waals surface area contributed by atoms with Crippen LogP contribution in [0.4, 0.5) is 5.00 Å². The molecule has 0 radical (unpaired) electrons. The fourth-order valence-electron chi connectivity index (χ4n) is 4.16. The van der Waals surface area contributed by atoms with Gasteiger partial charge in [-0.25, -0.2) is 9.78 Å². The maximum absolute atomic E-state index is 13.3. The third kappa shape index (κ3) is 4.06. The van der Waals surface area contributed by atoms with Gasteiger partial charge < -0.3 is 10.1 Å². The van der Waals surface area contributed by atoms with Crippen LogP contribution in [-0.2, 0) is 17.7 Å². The lowest BCUT2D eigenvalue weighted by Crippen LogP contribution is -2.29. The fraction of sp³-hybridized carbons (Fsp3) is 0.240. The minimum absolute atomic E-state index is 0.248. The molecule has 5 rings (SSSR count). The van der Waals surface area contributed by atoms with Crippen LogP contribution in [0, 0.1) is 0 Å². The molecule has 0 bridgehead atoms. The Labute approximate surface area is 199 Å². The number of esters is 1. The molecule has 4 aromatic rings. The molecule has 0 unspecified atom stereocenters. The molecule has 0 saturated carbocycles. The van der Waals surface area contributed by atoms with Crippen LogP contribution >= 0.6 is 22.7 Å². The highest BCUT2D eigenvalue weighted by molar-refractivity contribution is 7.23. The number of benzene rings is 2. The Hall–Kier alpha value is -3.07. The number of ether oxygens (including phenoxy) is 1. The molecule has 2 aromatic heterocycles. The zero-order chi connectivity index (χ0) is 22.9. The molecule has 1 amide bonds. The second kappa shape index (κ2) is 9.05. The van der Waals surface area contributed by atoms with Gasteiger partial charge in [0.25, 0.3) is 5.91 Å². The van der Waals surface area contributed by atoms with E-state index in [1.807, 2.05) is 18.2 Å². The lowest BCUT2D eigenvalue weighted by Gasteiger charge is -2.25. The molecule has 33 heavy (non-hydrogen) atoms. The molecule has 1 aliphatic heterocycles. The average Bonchev–Trinajstić information content (AvgIpc) is 3.43. The Morgan fingerprint density at radius 3 is 2.61 bits per heavy atom. The van der Waals surface area contributed by atoms with Crippen molar-refractivity contribution in [2.45, 2.75) is 19.9 Å². The second-order valence-electron chi connectivity index (χ2n) is 7.80. The molecule has 168 valence electrons. The molecule has 0 spiro atoms. The number of nitrogens with zero attached hydrogens (tertiary/aromatic N) is 2. The largest absolute Gasteiger partial charge is 0.465 e. The molecule has 0 atom stereocenters. The summed E-state index contributed by atoms with van der Waals surface area (Å²) in [6.07, 6.45) is 0.916. The summed E-state index contributed by atoms with van der Waals surface area (Å²) in [6.45, 7) is 5.00. The SMILES string of the molecule is CCN1CCc2c(sc(NC(=O)c3ccccc3C(=O)OC)c2-c2nc3ccccc3s2)C1. The van der Waals surface area contributed by atoms with Crippen molar-refractivity contribution in [1.82, 2.24) is 9.88 Å². The van der Waals surface area contributed by atoms with Crippen LogP contribution < -0.4 is 5.32 Å². The first kappa shape index (κ1) is 21.8. The van der Waals surface area contributed by atoms with E-state index in [0.717, 1.165) is 51.8 Å². The van der Waals surface area contributed by atoms with Crippen molar-refractivity contribution < 1.29 is 14.3 Å². The lowest BCUT2D eigenvalue weighted by molar-refractivity contribution is 0.0597. The fourth-order valence-corrected chi connectivity index (χ4v) is 6.55. The van der Waals surface area contributed by atoms with Gasteiger partial charge in [-0.05, 0) is 42.8 Å². The van der Waals surface area contributed by atoms with E-state index in [0.29, 0.717) is 5.56 Å². The lowest BCUT2D eigenvalue weighted by atomic mass is 10.0. The number of likely N-dealkylation sites (N-methyl/N-ethyl adjacent to an activating group) is 1. The smallest absolute Gasteiger partial charge is 0.338 e. The highest BCUT2D eigenvalue weighted by atomic mass is 32.1. The number of hydrogen-bond donors (Lipinski definition) is 1. The normalized spacial score (nSPS) is 13.6. The van der Waals surface area contributed by atoms with Crippen molar-refractivity contribution in [3.05, 3.63) is 70.1 Å². The van der Waals surface area contributed by atoms with Gasteiger partial charge in [0.05, 0.1) is 28.5 Å². The van der Waals surface area contributed by atoms with Crippen molar-refractivity contribution >= 4 is 49.8 Å². The molecule has 3 heterocycles. The van der Waals surface area contributed by atoms with Gasteiger partial charge in [0.2, 0.25) is 0 Å². The van der Waals surface area contributed by atoms with Crippen LogP contribution in [0.15, 0.2) is 48.5 Å². The summed E-state index contributed by atoms with van der Waals surface area (Å²) in [6, 6.07) is 14.8. The molecule has 6 nitrogen and oxygen atoms in total. The van der Waals surface area contributed by atoms with E-state index in [-0.39, 0.29) is 11.5 Å². The molecule has 0 fully saturated rings. The second-order valence-corrected chi connectivity index (χ2v) is 9.94. The number of nitrogens with one attached hydrogen (secondary N) is 1. The third-order valence-corrected chi connectivity index (χ3v) is 8.08. The predicted octanol–water partition coefficient (Wildman–Crippen LogP) is 5.44. The van der Waals surface area contributed by atoms with Gasteiger partial charge in [0, 0.05) is 23.5 Å². The summed E-state index contributed by atoms with van der Waals surface area (Å²) in [5, 5.41) is 4.79. The number of fused-ring (bicyclic) bond motifs is 2. The van der Waals surface area contributed by atoms with E-state index in [2.05, 4.69) is 23.2 Å². The quantitative estimate of drug-likeness (QED) is 0.388. The van der Waals surface area contributed by atoms with Crippen LogP contribution in [0.5, 0.6) is 0 Å². The Morgan fingerprint density at radius 2 is 1.85 bits per heavy atom. The number of para-hydroxylation sites is 1. The highest BCUT2D eigenvalue weighted by Crippen LogP contribution is 2.45. The van der Waals surface area contributed by atoms with E-state index >= 15 is 0 Å². The van der Waals surface area contributed by atoms with E-state index < -0.39 is 5.97 Å². The van der Waals surface area contributed by atoms with E-state index in [1.165, 1.54) is 17.6 Å². The number of carbonyl (C=O) groups is 2. The molecule has 0 saturated heterocycles. The number of thiazole rings is 1. The zero-order valence-corrected chi connectivity index (χ0v) is 20.0. The Balaban J connectivity index is 1.58. The number of methoxy groups -OCH3 is 1. The van der Waals surface area contributed by atoms with Crippen molar-refractivity contribution in [2.75, 3.05) is 25.5 Å². The van der Waals surface area contributed by atoms with Gasteiger partial charge in [-0.2, -0.15) is 0 Å². The summed E-state index contributed by atoms with van der Waals surface area (Å²) in [5.41, 5.74) is 3.77. The summed E-state index contributed by atoms with van der Waals surface area (Å²) < 4.78 is 5.98. The van der Waals surface area contributed by atoms with Crippen molar-refractivity contribution in [2.24, 2.45) is 0 Å². The van der Waals surface area contributed by atoms with Crippen molar-refractivity contribution in [3.8, 4) is 10.6 Å². The van der Waals surface area contributed by atoms with Crippen LogP contribution in [0.3, 0.4) is 0 Å². The topological polar surface area (TPSA) is 71.5 Å². The van der Waals surface area contributed by atoms with Gasteiger partial charge in [-0.3, -0.25) is 9.69 Å². The van der Waals surface area contributed by atoms with E-state index in [4.69, 9.17) is 9.72 Å². The van der Waals surface area contributed by atoms with Crippen LogP contribution in [0.25, 0.3) is 20.8 Å². The number of hydrogen-bond acceptors (Lipinski definition) is 7. The van der Waals surface area contributed by atoms with Gasteiger partial charge in [-0.15, -0.1) is 22.7 Å². The minimum atomic E-state index is -0.531. The van der Waals surface area contributed by atoms with Crippen LogP contribution in [0.2, 0.25) is 0 Å². The van der Waals surface area contributed by atoms with Gasteiger partial charge in [0.15, 0.2) is 0 Å². The maximum atomic E-state index is 13.3. The van der Waals surface area contributed by atoms with Crippen molar-refractivity contribution in [1.29, 1.82) is 0 Å². The van der Waals surface area contributed by atoms with Crippen LogP contribution in [0.1, 0.15) is 38.1 Å². The molecular formula is C25H23N3O3S2. The Kier molecular flexibility index (Phi) is 5.97. The average molecular weight is 478 g/mol. The molecule has 1 N–H and O–H groups in total. The molecular weight excluding hydrogens is 454 g/mol. The highest BCUT2D eigenvalue weighted by Gasteiger charge is 2.28. The maximum Gasteiger partial charge on any atom is 0.338 e. The molecule has 2 aromatic carbocycles. The van der Waals surface area contributed by atoms with Crippen LogP contribution in [-0.4, -0.2) is 42.0 Å². The summed E-state index contributed by atoms with van der Waals surface area (Å²) in [7, 11) is 1.31. The number of amides is 1. The number of aromatic nitrogens is 1. The number of thiophene rings is 1. The molecule has 1 aliphatic rings. The number of anilines is 1. The Bertz CT molecular complexity index is 1330. The first-order valence-electron chi connectivity index (χ1n) is 10.8. The first-order valence-corrected chi connectivity index (χ1v) is 12.4. The Morgan fingerprint density at radius 1 is 1.09 bits per heavy atom. The monoisotopic (exact) mass is 477 g/mol. The standard InChI is InChI=1S/C25H23N3O3S2/c1-3-28-13-12-17-20(14-28)33-24(21(17)23-26-18-10-6-7-11-19(18)32-23)27-22(29)15-8-4-5-9-16(15)25(30)31-2/h4-11H,3,12-14H2,1-2H3,(H,27,29). The van der Waals surface area contributed by atoms with Crippen molar-refractivity contribution in [3.63, 3.8) is 0 Å². The summed E-state index contributed by atoms with van der Waals surface area (Å²) in [5.74, 6) is -0.861. The van der Waals surface area contributed by atoms with Gasteiger partial charge in [0.1, 0.15) is 10.0 Å². The molecule has 8 heteroatoms. The summed E-state index contributed by atoms with van der Waals surface area (Å²) >= 11 is 3.25. The van der Waals surface area contributed by atoms with E-state index in [9.17, 15) is 9.59 Å². The third-order valence-electron chi connectivity index (χ3n) is 5.89. The van der Waals surface area contributed by atoms with Gasteiger partial charge >= 0.3 is 5.97 Å². The molecule has 0 aliphatic carbocycles. The number of carbonyl (C=O) groups excluding carboxylic acids is 2. The number of rotatable bonds is 5. The minimum Gasteiger partial charge on any atom is -0.465 e. The first-order chi connectivity index (χ1) is 16.1. The van der Waals surface area contributed by atoms with E-state index in [1.54, 1.807) is 46.9 Å². The predicted molar refractivity (Wildman–Crippen MR) is 133 cm³/mol.